The van der Waals surface area contributed by atoms with Gasteiger partial charge in [0.15, 0.2) is 9.84 Å². The highest BCUT2D eigenvalue weighted by Gasteiger charge is 2.30. The zero-order valence-corrected chi connectivity index (χ0v) is 14.0. The first kappa shape index (κ1) is 17.1. The van der Waals surface area contributed by atoms with Crippen molar-refractivity contribution in [1.82, 2.24) is 5.32 Å². The summed E-state index contributed by atoms with van der Waals surface area (Å²) in [5.74, 6) is -0.688. The maximum atomic E-state index is 12.0. The fourth-order valence-electron chi connectivity index (χ4n) is 2.57. The van der Waals surface area contributed by atoms with Gasteiger partial charge in [0.2, 0.25) is 5.91 Å². The summed E-state index contributed by atoms with van der Waals surface area (Å²) >= 11 is 0. The summed E-state index contributed by atoms with van der Waals surface area (Å²) < 4.78 is 36.0. The summed E-state index contributed by atoms with van der Waals surface area (Å²) in [5.41, 5.74) is 0. The van der Waals surface area contributed by atoms with E-state index in [1.54, 1.807) is 24.3 Å². The molecule has 1 aliphatic rings. The SMILES string of the molecule is O=C(CS(=O)(=O)C1CCCC1)NCC[S@](=O)c1ccccc1. The molecule has 1 aliphatic carbocycles. The Morgan fingerprint density at radius 2 is 1.82 bits per heavy atom. The Labute approximate surface area is 133 Å². The van der Waals surface area contributed by atoms with E-state index in [4.69, 9.17) is 0 Å². The second kappa shape index (κ2) is 7.87. The van der Waals surface area contributed by atoms with E-state index in [1.165, 1.54) is 0 Å². The van der Waals surface area contributed by atoms with Crippen LogP contribution in [0, 0.1) is 0 Å². The van der Waals surface area contributed by atoms with Crippen LogP contribution in [-0.4, -0.2) is 41.8 Å². The molecule has 0 unspecified atom stereocenters. The Morgan fingerprint density at radius 3 is 2.45 bits per heavy atom. The number of hydrogen-bond acceptors (Lipinski definition) is 4. The van der Waals surface area contributed by atoms with Crippen LogP contribution in [0.15, 0.2) is 35.2 Å². The maximum Gasteiger partial charge on any atom is 0.235 e. The van der Waals surface area contributed by atoms with Gasteiger partial charge in [-0.3, -0.25) is 9.00 Å². The van der Waals surface area contributed by atoms with E-state index in [0.29, 0.717) is 17.7 Å². The molecule has 1 aromatic rings. The van der Waals surface area contributed by atoms with Crippen LogP contribution in [0.25, 0.3) is 0 Å². The van der Waals surface area contributed by atoms with Crippen molar-refractivity contribution in [3.05, 3.63) is 30.3 Å². The first-order chi connectivity index (χ1) is 10.5. The largest absolute Gasteiger partial charge is 0.354 e. The van der Waals surface area contributed by atoms with Crippen LogP contribution in [0.4, 0.5) is 0 Å². The Hall–Kier alpha value is -1.21. The third-order valence-electron chi connectivity index (χ3n) is 3.76. The molecule has 2 rings (SSSR count). The second-order valence-corrected chi connectivity index (χ2v) is 9.28. The third kappa shape index (κ3) is 4.91. The van der Waals surface area contributed by atoms with E-state index < -0.39 is 32.3 Å². The van der Waals surface area contributed by atoms with Crippen molar-refractivity contribution < 1.29 is 17.4 Å². The Balaban J connectivity index is 1.75. The summed E-state index contributed by atoms with van der Waals surface area (Å²) in [5, 5.41) is 2.19. The second-order valence-electron chi connectivity index (χ2n) is 5.43. The normalized spacial score (nSPS) is 17.3. The zero-order chi connectivity index (χ0) is 16.0. The molecule has 0 aromatic heterocycles. The Kier molecular flexibility index (Phi) is 6.14. The fourth-order valence-corrected chi connectivity index (χ4v) is 5.31. The lowest BCUT2D eigenvalue weighted by molar-refractivity contribution is -0.118. The van der Waals surface area contributed by atoms with Crippen LogP contribution >= 0.6 is 0 Å². The monoisotopic (exact) mass is 343 g/mol. The summed E-state index contributed by atoms with van der Waals surface area (Å²) in [6.45, 7) is 0.209. The molecule has 1 N–H and O–H groups in total. The van der Waals surface area contributed by atoms with Crippen LogP contribution in [0.3, 0.4) is 0 Å². The molecule has 0 heterocycles. The van der Waals surface area contributed by atoms with Gasteiger partial charge in [-0.1, -0.05) is 31.0 Å². The molecule has 0 saturated heterocycles. The van der Waals surface area contributed by atoms with Gasteiger partial charge >= 0.3 is 0 Å². The number of hydrogen-bond donors (Lipinski definition) is 1. The highest BCUT2D eigenvalue weighted by Crippen LogP contribution is 2.25. The number of carbonyl (C=O) groups excluding carboxylic acids is 1. The van der Waals surface area contributed by atoms with Crippen LogP contribution in [-0.2, 0) is 25.4 Å². The third-order valence-corrected chi connectivity index (χ3v) is 7.28. The van der Waals surface area contributed by atoms with Crippen molar-refractivity contribution in [2.45, 2.75) is 35.8 Å². The average Bonchev–Trinajstić information content (AvgIpc) is 3.02. The molecular weight excluding hydrogens is 322 g/mol. The van der Waals surface area contributed by atoms with Crippen molar-refractivity contribution in [2.24, 2.45) is 0 Å². The summed E-state index contributed by atoms with van der Waals surface area (Å²) in [6.07, 6.45) is 3.16. The lowest BCUT2D eigenvalue weighted by Gasteiger charge is -2.11. The Bertz CT molecular complexity index is 622. The number of nitrogens with one attached hydrogen (secondary N) is 1. The molecule has 7 heteroatoms. The molecule has 5 nitrogen and oxygen atoms in total. The number of sulfone groups is 1. The van der Waals surface area contributed by atoms with E-state index in [-0.39, 0.29) is 17.5 Å². The molecule has 1 fully saturated rings. The van der Waals surface area contributed by atoms with Gasteiger partial charge in [0, 0.05) is 17.2 Å². The molecular formula is C15H21NO4S2. The maximum absolute atomic E-state index is 12.0. The quantitative estimate of drug-likeness (QED) is 0.808. The summed E-state index contributed by atoms with van der Waals surface area (Å²) in [4.78, 5) is 12.4. The molecule has 0 spiro atoms. The zero-order valence-electron chi connectivity index (χ0n) is 12.4. The van der Waals surface area contributed by atoms with E-state index in [9.17, 15) is 17.4 Å². The van der Waals surface area contributed by atoms with Gasteiger partial charge in [0.1, 0.15) is 5.75 Å². The topological polar surface area (TPSA) is 80.3 Å². The smallest absolute Gasteiger partial charge is 0.235 e. The van der Waals surface area contributed by atoms with Crippen LogP contribution < -0.4 is 5.32 Å². The van der Waals surface area contributed by atoms with Gasteiger partial charge in [-0.2, -0.15) is 0 Å². The van der Waals surface area contributed by atoms with Gasteiger partial charge < -0.3 is 5.32 Å². The van der Waals surface area contributed by atoms with Crippen molar-refractivity contribution in [1.29, 1.82) is 0 Å². The minimum Gasteiger partial charge on any atom is -0.354 e. The number of benzene rings is 1. The van der Waals surface area contributed by atoms with E-state index in [0.717, 1.165) is 12.8 Å². The fraction of sp³-hybridized carbons (Fsp3) is 0.533. The molecule has 122 valence electrons. The van der Waals surface area contributed by atoms with Gasteiger partial charge in [-0.15, -0.1) is 0 Å². The molecule has 1 atom stereocenters. The van der Waals surface area contributed by atoms with E-state index in [2.05, 4.69) is 5.32 Å². The van der Waals surface area contributed by atoms with Crippen LogP contribution in [0.1, 0.15) is 25.7 Å². The molecule has 22 heavy (non-hydrogen) atoms. The molecule has 1 saturated carbocycles. The molecule has 0 radical (unpaired) electrons. The molecule has 0 aliphatic heterocycles. The van der Waals surface area contributed by atoms with Gasteiger partial charge in [0.05, 0.1) is 16.0 Å². The first-order valence-electron chi connectivity index (χ1n) is 7.41. The summed E-state index contributed by atoms with van der Waals surface area (Å²) in [7, 11) is -4.54. The molecule has 1 amide bonds. The lowest BCUT2D eigenvalue weighted by Crippen LogP contribution is -2.35. The van der Waals surface area contributed by atoms with Crippen molar-refractivity contribution in [3.63, 3.8) is 0 Å². The lowest BCUT2D eigenvalue weighted by atomic mass is 10.4. The van der Waals surface area contributed by atoms with E-state index in [1.807, 2.05) is 6.07 Å². The van der Waals surface area contributed by atoms with E-state index >= 15 is 0 Å². The van der Waals surface area contributed by atoms with Crippen molar-refractivity contribution in [2.75, 3.05) is 18.1 Å². The molecule has 1 aromatic carbocycles. The molecule has 0 bridgehead atoms. The number of amides is 1. The van der Waals surface area contributed by atoms with Crippen molar-refractivity contribution >= 4 is 26.5 Å². The predicted molar refractivity (Wildman–Crippen MR) is 86.8 cm³/mol. The summed E-state index contributed by atoms with van der Waals surface area (Å²) in [6, 6.07) is 8.99. The number of carbonyl (C=O) groups is 1. The standard InChI is InChI=1S/C15H21NO4S2/c17-15(12-22(19,20)14-8-4-5-9-14)16-10-11-21(18)13-6-2-1-3-7-13/h1-3,6-7,14H,4-5,8-12H2,(H,16,17)/t21-/m0/s1. The minimum atomic E-state index is -3.35. The average molecular weight is 343 g/mol. The van der Waals surface area contributed by atoms with Crippen LogP contribution in [0.2, 0.25) is 0 Å². The van der Waals surface area contributed by atoms with Crippen LogP contribution in [0.5, 0.6) is 0 Å². The Morgan fingerprint density at radius 1 is 1.18 bits per heavy atom. The van der Waals surface area contributed by atoms with Gasteiger partial charge in [-0.05, 0) is 25.0 Å². The minimum absolute atomic E-state index is 0.209. The highest BCUT2D eigenvalue weighted by atomic mass is 32.2. The highest BCUT2D eigenvalue weighted by molar-refractivity contribution is 7.92. The van der Waals surface area contributed by atoms with Gasteiger partial charge in [-0.25, -0.2) is 8.42 Å². The van der Waals surface area contributed by atoms with Crippen molar-refractivity contribution in [3.8, 4) is 0 Å². The first-order valence-corrected chi connectivity index (χ1v) is 10.4. The predicted octanol–water partition coefficient (Wildman–Crippen LogP) is 1.27. The number of rotatable bonds is 7. The van der Waals surface area contributed by atoms with Gasteiger partial charge in [0.25, 0.3) is 0 Å².